The van der Waals surface area contributed by atoms with E-state index in [-0.39, 0.29) is 12.6 Å². The van der Waals surface area contributed by atoms with Gasteiger partial charge in [-0.25, -0.2) is 9.78 Å². The van der Waals surface area contributed by atoms with Crippen molar-refractivity contribution in [2.24, 2.45) is 7.05 Å². The lowest BCUT2D eigenvalue weighted by Gasteiger charge is -2.05. The van der Waals surface area contributed by atoms with Gasteiger partial charge in [0.15, 0.2) is 5.65 Å². The van der Waals surface area contributed by atoms with Gasteiger partial charge in [0, 0.05) is 18.6 Å². The van der Waals surface area contributed by atoms with E-state index >= 15 is 0 Å². The lowest BCUT2D eigenvalue weighted by molar-refractivity contribution is 0.0472. The van der Waals surface area contributed by atoms with E-state index < -0.39 is 0 Å². The second-order valence-corrected chi connectivity index (χ2v) is 5.37. The zero-order valence-corrected chi connectivity index (χ0v) is 12.8. The van der Waals surface area contributed by atoms with Crippen LogP contribution < -0.4 is 0 Å². The van der Waals surface area contributed by atoms with Crippen LogP contribution in [0.25, 0.3) is 11.0 Å². The first-order chi connectivity index (χ1) is 10.5. The number of aromatic nitrogens is 3. The Morgan fingerprint density at radius 1 is 1.23 bits per heavy atom. The SMILES string of the molecule is Cc1ccc(COC(=O)c2cnc3c(c2)c(C)nn3C)cc1. The van der Waals surface area contributed by atoms with Gasteiger partial charge in [-0.2, -0.15) is 5.10 Å². The smallest absolute Gasteiger partial charge is 0.340 e. The summed E-state index contributed by atoms with van der Waals surface area (Å²) in [6.07, 6.45) is 1.53. The summed E-state index contributed by atoms with van der Waals surface area (Å²) >= 11 is 0. The second kappa shape index (κ2) is 5.60. The predicted molar refractivity (Wildman–Crippen MR) is 83.5 cm³/mol. The molecular formula is C17H17N3O2. The Bertz CT molecular complexity index is 835. The topological polar surface area (TPSA) is 57.0 Å². The molecule has 0 N–H and O–H groups in total. The molecule has 0 unspecified atom stereocenters. The van der Waals surface area contributed by atoms with Gasteiger partial charge in [0.1, 0.15) is 6.61 Å². The van der Waals surface area contributed by atoms with Crippen LogP contribution >= 0.6 is 0 Å². The fourth-order valence-corrected chi connectivity index (χ4v) is 2.34. The average Bonchev–Trinajstić information content (AvgIpc) is 2.81. The summed E-state index contributed by atoms with van der Waals surface area (Å²) in [5.41, 5.74) is 4.18. The Morgan fingerprint density at radius 3 is 2.68 bits per heavy atom. The summed E-state index contributed by atoms with van der Waals surface area (Å²) in [6, 6.07) is 9.68. The molecule has 0 aliphatic heterocycles. The number of rotatable bonds is 3. The number of benzene rings is 1. The van der Waals surface area contributed by atoms with Crippen LogP contribution in [0.2, 0.25) is 0 Å². The van der Waals surface area contributed by atoms with Gasteiger partial charge in [0.2, 0.25) is 0 Å². The summed E-state index contributed by atoms with van der Waals surface area (Å²) in [5.74, 6) is -0.377. The number of hydrogen-bond donors (Lipinski definition) is 0. The number of ether oxygens (including phenoxy) is 1. The highest BCUT2D eigenvalue weighted by Gasteiger charge is 2.12. The van der Waals surface area contributed by atoms with E-state index in [2.05, 4.69) is 10.1 Å². The van der Waals surface area contributed by atoms with Crippen molar-refractivity contribution >= 4 is 17.0 Å². The standard InChI is InChI=1S/C17H17N3O2/c1-11-4-6-13(7-5-11)10-22-17(21)14-8-15-12(2)19-20(3)16(15)18-9-14/h4-9H,10H2,1-3H3. The Morgan fingerprint density at radius 2 is 1.95 bits per heavy atom. The molecule has 3 aromatic rings. The first-order valence-corrected chi connectivity index (χ1v) is 7.06. The van der Waals surface area contributed by atoms with E-state index in [4.69, 9.17) is 4.74 Å². The van der Waals surface area contributed by atoms with Gasteiger partial charge < -0.3 is 4.74 Å². The number of carbonyl (C=O) groups is 1. The summed E-state index contributed by atoms with van der Waals surface area (Å²) in [6.45, 7) is 4.17. The lowest BCUT2D eigenvalue weighted by atomic mass is 10.2. The Kier molecular flexibility index (Phi) is 3.63. The molecule has 5 nitrogen and oxygen atoms in total. The first-order valence-electron chi connectivity index (χ1n) is 7.06. The number of carbonyl (C=O) groups excluding carboxylic acids is 1. The van der Waals surface area contributed by atoms with Gasteiger partial charge in [-0.3, -0.25) is 4.68 Å². The molecule has 2 aromatic heterocycles. The van der Waals surface area contributed by atoms with E-state index in [0.29, 0.717) is 5.56 Å². The quantitative estimate of drug-likeness (QED) is 0.697. The summed E-state index contributed by atoms with van der Waals surface area (Å²) < 4.78 is 7.04. The average molecular weight is 295 g/mol. The van der Waals surface area contributed by atoms with Gasteiger partial charge in [0.25, 0.3) is 0 Å². The van der Waals surface area contributed by atoms with Crippen molar-refractivity contribution in [3.05, 3.63) is 58.9 Å². The van der Waals surface area contributed by atoms with Crippen molar-refractivity contribution in [3.63, 3.8) is 0 Å². The fraction of sp³-hybridized carbons (Fsp3) is 0.235. The van der Waals surface area contributed by atoms with E-state index in [1.54, 1.807) is 10.7 Å². The van der Waals surface area contributed by atoms with Gasteiger partial charge in [-0.05, 0) is 25.5 Å². The number of pyridine rings is 1. The van der Waals surface area contributed by atoms with Crippen LogP contribution in [0, 0.1) is 13.8 Å². The first kappa shape index (κ1) is 14.3. The van der Waals surface area contributed by atoms with Crippen LogP contribution in [0.15, 0.2) is 36.5 Å². The molecule has 112 valence electrons. The molecule has 0 fully saturated rings. The van der Waals surface area contributed by atoms with Gasteiger partial charge in [-0.15, -0.1) is 0 Å². The molecule has 0 atom stereocenters. The maximum atomic E-state index is 12.2. The van der Waals surface area contributed by atoms with Gasteiger partial charge >= 0.3 is 5.97 Å². The fourth-order valence-electron chi connectivity index (χ4n) is 2.34. The number of hydrogen-bond acceptors (Lipinski definition) is 4. The minimum Gasteiger partial charge on any atom is -0.457 e. The van der Waals surface area contributed by atoms with Crippen LogP contribution in [0.5, 0.6) is 0 Å². The van der Waals surface area contributed by atoms with Crippen molar-refractivity contribution in [2.45, 2.75) is 20.5 Å². The predicted octanol–water partition coefficient (Wildman–Crippen LogP) is 2.94. The molecular weight excluding hydrogens is 278 g/mol. The third kappa shape index (κ3) is 2.70. The second-order valence-electron chi connectivity index (χ2n) is 5.37. The van der Waals surface area contributed by atoms with Crippen LogP contribution in [-0.2, 0) is 18.4 Å². The third-order valence-corrected chi connectivity index (χ3v) is 3.59. The van der Waals surface area contributed by atoms with Crippen molar-refractivity contribution in [1.29, 1.82) is 0 Å². The van der Waals surface area contributed by atoms with E-state index in [1.165, 1.54) is 11.8 Å². The highest BCUT2D eigenvalue weighted by atomic mass is 16.5. The van der Waals surface area contributed by atoms with Crippen LogP contribution in [-0.4, -0.2) is 20.7 Å². The van der Waals surface area contributed by atoms with Crippen molar-refractivity contribution in [1.82, 2.24) is 14.8 Å². The largest absolute Gasteiger partial charge is 0.457 e. The summed E-state index contributed by atoms with van der Waals surface area (Å²) in [5, 5.41) is 5.16. The molecule has 0 aliphatic rings. The van der Waals surface area contributed by atoms with Gasteiger partial charge in [0.05, 0.1) is 11.3 Å². The molecule has 0 bridgehead atoms. The lowest BCUT2D eigenvalue weighted by Crippen LogP contribution is -2.06. The summed E-state index contributed by atoms with van der Waals surface area (Å²) in [4.78, 5) is 16.4. The highest BCUT2D eigenvalue weighted by molar-refractivity contribution is 5.93. The molecule has 22 heavy (non-hydrogen) atoms. The molecule has 0 amide bonds. The zero-order valence-electron chi connectivity index (χ0n) is 12.8. The van der Waals surface area contributed by atoms with Crippen LogP contribution in [0.3, 0.4) is 0 Å². The molecule has 5 heteroatoms. The highest BCUT2D eigenvalue weighted by Crippen LogP contribution is 2.17. The molecule has 0 spiro atoms. The van der Waals surface area contributed by atoms with E-state index in [1.807, 2.05) is 45.2 Å². The van der Waals surface area contributed by atoms with Crippen molar-refractivity contribution in [2.75, 3.05) is 0 Å². The number of esters is 1. The number of aryl methyl sites for hydroxylation is 3. The summed E-state index contributed by atoms with van der Waals surface area (Å²) in [7, 11) is 1.83. The van der Waals surface area contributed by atoms with E-state index in [9.17, 15) is 4.79 Å². The maximum absolute atomic E-state index is 12.2. The van der Waals surface area contributed by atoms with E-state index in [0.717, 1.165) is 22.3 Å². The molecule has 1 aromatic carbocycles. The molecule has 2 heterocycles. The monoisotopic (exact) mass is 295 g/mol. The molecule has 3 rings (SSSR count). The maximum Gasteiger partial charge on any atom is 0.340 e. The number of fused-ring (bicyclic) bond motifs is 1. The van der Waals surface area contributed by atoms with Gasteiger partial charge in [-0.1, -0.05) is 29.8 Å². The molecule has 0 radical (unpaired) electrons. The number of nitrogens with zero attached hydrogens (tertiary/aromatic N) is 3. The molecule has 0 saturated carbocycles. The zero-order chi connectivity index (χ0) is 15.7. The van der Waals surface area contributed by atoms with Crippen LogP contribution in [0.1, 0.15) is 27.2 Å². The minimum atomic E-state index is -0.377. The molecule has 0 aliphatic carbocycles. The molecule has 0 saturated heterocycles. The van der Waals surface area contributed by atoms with Crippen LogP contribution in [0.4, 0.5) is 0 Å². The third-order valence-electron chi connectivity index (χ3n) is 3.59. The van der Waals surface area contributed by atoms with Crippen molar-refractivity contribution < 1.29 is 9.53 Å². The Balaban J connectivity index is 1.77. The Labute approximate surface area is 128 Å². The van der Waals surface area contributed by atoms with Crippen molar-refractivity contribution in [3.8, 4) is 0 Å². The normalized spacial score (nSPS) is 10.9. The minimum absolute atomic E-state index is 0.253. The Hall–Kier alpha value is -2.69.